The number of hydrogen-bond acceptors (Lipinski definition) is 2. The molecule has 0 heterocycles. The largest absolute Gasteiger partial charge is 0.422 e. The van der Waals surface area contributed by atoms with E-state index in [1.54, 1.807) is 30.3 Å². The number of rotatable bonds is 4. The molecule has 0 aliphatic rings. The van der Waals surface area contributed by atoms with Crippen molar-refractivity contribution in [2.75, 3.05) is 0 Å². The fourth-order valence-corrected chi connectivity index (χ4v) is 2.39. The van der Waals surface area contributed by atoms with Crippen LogP contribution in [0.25, 0.3) is 6.08 Å². The Labute approximate surface area is 116 Å². The van der Waals surface area contributed by atoms with Crippen LogP contribution in [-0.4, -0.2) is 4.89 Å². The second kappa shape index (κ2) is 6.07. The molecule has 1 N–H and O–H groups in total. The molecule has 98 valence electrons. The molecule has 5 heteroatoms. The van der Waals surface area contributed by atoms with Gasteiger partial charge in [0.15, 0.2) is 0 Å². The highest BCUT2D eigenvalue weighted by molar-refractivity contribution is 7.56. The molecular weight excluding hydrogens is 283 g/mol. The van der Waals surface area contributed by atoms with E-state index in [0.29, 0.717) is 10.8 Å². The van der Waals surface area contributed by atoms with Gasteiger partial charge in [0.2, 0.25) is 0 Å². The predicted molar refractivity (Wildman–Crippen MR) is 77.4 cm³/mol. The Hall–Kier alpha value is -1.54. The second-order valence-electron chi connectivity index (χ2n) is 3.84. The van der Waals surface area contributed by atoms with Gasteiger partial charge < -0.3 is 9.42 Å². The molecule has 0 saturated carbocycles. The summed E-state index contributed by atoms with van der Waals surface area (Å²) in [6.45, 7) is 0. The first-order chi connectivity index (χ1) is 9.05. The smallest absolute Gasteiger partial charge is 0.401 e. The summed E-state index contributed by atoms with van der Waals surface area (Å²) in [4.78, 5) is 9.71. The zero-order valence-corrected chi connectivity index (χ0v) is 11.6. The molecule has 1 atom stereocenters. The lowest BCUT2D eigenvalue weighted by Crippen LogP contribution is -1.88. The van der Waals surface area contributed by atoms with Crippen LogP contribution in [0.3, 0.4) is 0 Å². The van der Waals surface area contributed by atoms with Crippen LogP contribution in [0.1, 0.15) is 5.56 Å². The van der Waals surface area contributed by atoms with Crippen LogP contribution < -0.4 is 4.52 Å². The summed E-state index contributed by atoms with van der Waals surface area (Å²) in [5.74, 6) is 1.46. The van der Waals surface area contributed by atoms with Crippen LogP contribution in [0.15, 0.2) is 60.4 Å². The van der Waals surface area contributed by atoms with Crippen molar-refractivity contribution in [2.45, 2.75) is 0 Å². The van der Waals surface area contributed by atoms with Gasteiger partial charge in [-0.05, 0) is 35.9 Å². The molecule has 0 saturated heterocycles. The van der Waals surface area contributed by atoms with Crippen LogP contribution in [-0.2, 0) is 4.57 Å². The normalized spacial score (nSPS) is 14.2. The van der Waals surface area contributed by atoms with Crippen molar-refractivity contribution in [1.82, 2.24) is 0 Å². The molecule has 0 fully saturated rings. The van der Waals surface area contributed by atoms with E-state index in [1.807, 2.05) is 30.3 Å². The van der Waals surface area contributed by atoms with Crippen LogP contribution >= 0.6 is 19.2 Å². The standard InChI is InChI=1S/C14H12ClO3P/c15-13-6-8-14(9-7-13)18-19(16,17)11-10-12-4-2-1-3-5-12/h1-11H,(H,16,17)/b11-10+. The molecule has 1 unspecified atom stereocenters. The molecule has 2 rings (SSSR count). The summed E-state index contributed by atoms with van der Waals surface area (Å²) >= 11 is 5.72. The first-order valence-corrected chi connectivity index (χ1v) is 7.60. The van der Waals surface area contributed by atoms with Crippen molar-refractivity contribution < 1.29 is 14.0 Å². The average Bonchev–Trinajstić information content (AvgIpc) is 2.40. The topological polar surface area (TPSA) is 46.5 Å². The van der Waals surface area contributed by atoms with Gasteiger partial charge in [0.1, 0.15) is 5.75 Å². The summed E-state index contributed by atoms with van der Waals surface area (Å²) in [5, 5.41) is 0.542. The molecule has 0 aliphatic heterocycles. The van der Waals surface area contributed by atoms with Crippen molar-refractivity contribution in [3.8, 4) is 5.75 Å². The highest BCUT2D eigenvalue weighted by Gasteiger charge is 2.16. The van der Waals surface area contributed by atoms with E-state index in [2.05, 4.69) is 0 Å². The maximum Gasteiger partial charge on any atom is 0.401 e. The second-order valence-corrected chi connectivity index (χ2v) is 5.88. The Morgan fingerprint density at radius 1 is 1.05 bits per heavy atom. The third-order valence-corrected chi connectivity index (χ3v) is 3.56. The zero-order valence-electron chi connectivity index (χ0n) is 9.94. The van der Waals surface area contributed by atoms with E-state index in [9.17, 15) is 9.46 Å². The van der Waals surface area contributed by atoms with Crippen LogP contribution in [0.5, 0.6) is 5.75 Å². The quantitative estimate of drug-likeness (QED) is 0.840. The SMILES string of the molecule is O=P(O)(/C=C/c1ccccc1)Oc1ccc(Cl)cc1. The molecule has 0 bridgehead atoms. The van der Waals surface area contributed by atoms with Crippen molar-refractivity contribution in [2.24, 2.45) is 0 Å². The number of benzene rings is 2. The molecule has 0 spiro atoms. The minimum absolute atomic E-state index is 0.299. The van der Waals surface area contributed by atoms with Gasteiger partial charge in [0.05, 0.1) is 0 Å². The molecule has 3 nitrogen and oxygen atoms in total. The fraction of sp³-hybridized carbons (Fsp3) is 0. The van der Waals surface area contributed by atoms with E-state index >= 15 is 0 Å². The molecule has 0 aliphatic carbocycles. The minimum atomic E-state index is -3.82. The predicted octanol–water partition coefficient (Wildman–Crippen LogP) is 4.58. The van der Waals surface area contributed by atoms with E-state index < -0.39 is 7.60 Å². The van der Waals surface area contributed by atoms with Gasteiger partial charge in [0, 0.05) is 10.8 Å². The van der Waals surface area contributed by atoms with Crippen LogP contribution in [0.4, 0.5) is 0 Å². The molecule has 0 aromatic heterocycles. The third kappa shape index (κ3) is 4.56. The first-order valence-electron chi connectivity index (χ1n) is 5.57. The maximum absolute atomic E-state index is 11.9. The van der Waals surface area contributed by atoms with Crippen molar-refractivity contribution in [3.05, 3.63) is 71.0 Å². The average molecular weight is 295 g/mol. The van der Waals surface area contributed by atoms with Gasteiger partial charge in [-0.15, -0.1) is 0 Å². The lowest BCUT2D eigenvalue weighted by molar-refractivity contribution is 0.392. The van der Waals surface area contributed by atoms with Crippen molar-refractivity contribution >= 4 is 25.3 Å². The van der Waals surface area contributed by atoms with E-state index in [-0.39, 0.29) is 0 Å². The lowest BCUT2D eigenvalue weighted by Gasteiger charge is -2.09. The molecular formula is C14H12ClO3P. The summed E-state index contributed by atoms with van der Waals surface area (Å²) < 4.78 is 16.9. The number of hydrogen-bond donors (Lipinski definition) is 1. The Balaban J connectivity index is 2.08. The summed E-state index contributed by atoms with van der Waals surface area (Å²) in [6, 6.07) is 15.5. The van der Waals surface area contributed by atoms with E-state index in [1.165, 1.54) is 0 Å². The Bertz CT molecular complexity index is 608. The molecule has 0 radical (unpaired) electrons. The Morgan fingerprint density at radius 3 is 2.32 bits per heavy atom. The summed E-state index contributed by atoms with van der Waals surface area (Å²) in [6.07, 6.45) is 1.55. The monoisotopic (exact) mass is 294 g/mol. The third-order valence-electron chi connectivity index (χ3n) is 2.30. The van der Waals surface area contributed by atoms with Crippen molar-refractivity contribution in [3.63, 3.8) is 0 Å². The molecule has 2 aromatic carbocycles. The number of halogens is 1. The highest BCUT2D eigenvalue weighted by Crippen LogP contribution is 2.44. The van der Waals surface area contributed by atoms with Crippen LogP contribution in [0.2, 0.25) is 5.02 Å². The highest BCUT2D eigenvalue weighted by atomic mass is 35.5. The van der Waals surface area contributed by atoms with Gasteiger partial charge in [0.25, 0.3) is 0 Å². The van der Waals surface area contributed by atoms with Gasteiger partial charge in [-0.25, -0.2) is 4.57 Å². The van der Waals surface area contributed by atoms with Crippen LogP contribution in [0, 0.1) is 0 Å². The van der Waals surface area contributed by atoms with Crippen molar-refractivity contribution in [1.29, 1.82) is 0 Å². The lowest BCUT2D eigenvalue weighted by atomic mass is 10.2. The summed E-state index contributed by atoms with van der Waals surface area (Å²) in [7, 11) is -3.82. The van der Waals surface area contributed by atoms with Gasteiger partial charge in [-0.1, -0.05) is 41.9 Å². The molecule has 0 amide bonds. The Kier molecular flexibility index (Phi) is 4.43. The minimum Gasteiger partial charge on any atom is -0.422 e. The van der Waals surface area contributed by atoms with Gasteiger partial charge >= 0.3 is 7.60 Å². The maximum atomic E-state index is 11.9. The van der Waals surface area contributed by atoms with Gasteiger partial charge in [-0.3, -0.25) is 0 Å². The first kappa shape index (κ1) is 13.9. The van der Waals surface area contributed by atoms with E-state index in [4.69, 9.17) is 16.1 Å². The molecule has 2 aromatic rings. The fourth-order valence-electron chi connectivity index (χ4n) is 1.42. The van der Waals surface area contributed by atoms with Gasteiger partial charge in [-0.2, -0.15) is 0 Å². The summed E-state index contributed by atoms with van der Waals surface area (Å²) in [5.41, 5.74) is 0.830. The molecule has 19 heavy (non-hydrogen) atoms. The van der Waals surface area contributed by atoms with E-state index in [0.717, 1.165) is 11.4 Å². The Morgan fingerprint density at radius 2 is 1.68 bits per heavy atom. The zero-order chi connectivity index (χ0) is 13.7.